The van der Waals surface area contributed by atoms with Gasteiger partial charge in [0.15, 0.2) is 0 Å². The first-order valence-electron chi connectivity index (χ1n) is 6.07. The molecule has 3 aromatic rings. The molecule has 0 aliphatic rings. The summed E-state index contributed by atoms with van der Waals surface area (Å²) in [6.07, 6.45) is 0. The molecule has 110 valence electrons. The van der Waals surface area contributed by atoms with Gasteiger partial charge in [-0.15, -0.1) is 5.10 Å². The number of hydrogen-bond donors (Lipinski definition) is 0. The van der Waals surface area contributed by atoms with Crippen LogP contribution in [-0.2, 0) is 15.6 Å². The Morgan fingerprint density at radius 2 is 2.00 bits per heavy atom. The van der Waals surface area contributed by atoms with E-state index in [1.165, 1.54) is 0 Å². The maximum atomic E-state index is 12.4. The summed E-state index contributed by atoms with van der Waals surface area (Å²) in [4.78, 5) is 15.7. The maximum absolute atomic E-state index is 12.4. The Kier molecular flexibility index (Phi) is 3.48. The fourth-order valence-electron chi connectivity index (χ4n) is 1.83. The summed E-state index contributed by atoms with van der Waals surface area (Å²) in [5.41, 5.74) is -0.0283. The van der Waals surface area contributed by atoms with Crippen molar-refractivity contribution in [3.63, 3.8) is 0 Å². The Labute approximate surface area is 129 Å². The molecule has 0 saturated heterocycles. The minimum Gasteiger partial charge on any atom is -0.267 e. The molecule has 0 unspecified atom stereocenters. The zero-order chi connectivity index (χ0) is 15.7. The number of nitriles is 1. The lowest BCUT2D eigenvalue weighted by atomic mass is 10.2. The summed E-state index contributed by atoms with van der Waals surface area (Å²) in [6, 6.07) is 11.4. The average molecular weight is 332 g/mol. The van der Waals surface area contributed by atoms with Crippen molar-refractivity contribution in [3.05, 3.63) is 58.0 Å². The van der Waals surface area contributed by atoms with Crippen LogP contribution in [0.3, 0.4) is 0 Å². The quantitative estimate of drug-likeness (QED) is 0.708. The van der Waals surface area contributed by atoms with E-state index in [0.717, 1.165) is 21.9 Å². The summed E-state index contributed by atoms with van der Waals surface area (Å²) in [6.45, 7) is 0. The van der Waals surface area contributed by atoms with E-state index in [-0.39, 0.29) is 20.7 Å². The van der Waals surface area contributed by atoms with Crippen LogP contribution in [0, 0.1) is 11.3 Å². The molecule has 0 N–H and O–H groups in total. The second-order valence-electron chi connectivity index (χ2n) is 4.40. The van der Waals surface area contributed by atoms with Gasteiger partial charge in [0.25, 0.3) is 5.56 Å². The van der Waals surface area contributed by atoms with Crippen molar-refractivity contribution in [1.29, 1.82) is 5.26 Å². The maximum Gasteiger partial charge on any atom is 0.276 e. The van der Waals surface area contributed by atoms with E-state index in [4.69, 9.17) is 5.26 Å². The summed E-state index contributed by atoms with van der Waals surface area (Å²) < 4.78 is 25.4. The van der Waals surface area contributed by atoms with Gasteiger partial charge in [-0.2, -0.15) is 9.78 Å². The molecule has 0 fully saturated rings. The molecule has 0 saturated carbocycles. The van der Waals surface area contributed by atoms with Gasteiger partial charge in [0.1, 0.15) is 11.8 Å². The normalized spacial score (nSPS) is 11.4. The largest absolute Gasteiger partial charge is 0.276 e. The monoisotopic (exact) mass is 332 g/mol. The van der Waals surface area contributed by atoms with Gasteiger partial charge in [-0.25, -0.2) is 13.4 Å². The number of fused-ring (bicyclic) bond motifs is 1. The highest BCUT2D eigenvalue weighted by atomic mass is 32.2. The third kappa shape index (κ3) is 2.61. The van der Waals surface area contributed by atoms with Crippen molar-refractivity contribution in [3.8, 4) is 6.07 Å². The fraction of sp³-hybridized carbons (Fsp3) is 0.0769. The van der Waals surface area contributed by atoms with Crippen LogP contribution in [-0.4, -0.2) is 23.0 Å². The molecular formula is C13H8N4O3S2. The van der Waals surface area contributed by atoms with Gasteiger partial charge < -0.3 is 0 Å². The van der Waals surface area contributed by atoms with E-state index >= 15 is 0 Å². The Bertz CT molecular complexity index is 1050. The Balaban J connectivity index is 2.08. The van der Waals surface area contributed by atoms with E-state index in [2.05, 4.69) is 10.1 Å². The van der Waals surface area contributed by atoms with E-state index in [0.29, 0.717) is 5.56 Å². The van der Waals surface area contributed by atoms with Gasteiger partial charge in [0.05, 0.1) is 5.75 Å². The molecule has 0 spiro atoms. The predicted molar refractivity (Wildman–Crippen MR) is 79.2 cm³/mol. The number of sulfone groups is 1. The smallest absolute Gasteiger partial charge is 0.267 e. The van der Waals surface area contributed by atoms with E-state index < -0.39 is 15.4 Å². The van der Waals surface area contributed by atoms with Gasteiger partial charge in [0, 0.05) is 6.07 Å². The highest BCUT2D eigenvalue weighted by Crippen LogP contribution is 2.21. The molecule has 2 aromatic heterocycles. The molecule has 9 heteroatoms. The highest BCUT2D eigenvalue weighted by molar-refractivity contribution is 7.92. The van der Waals surface area contributed by atoms with Crippen molar-refractivity contribution in [1.82, 2.24) is 14.6 Å². The van der Waals surface area contributed by atoms with Crippen molar-refractivity contribution in [2.24, 2.45) is 0 Å². The number of hydrogen-bond acceptors (Lipinski definition) is 7. The Morgan fingerprint density at radius 3 is 2.68 bits per heavy atom. The lowest BCUT2D eigenvalue weighted by Crippen LogP contribution is -2.15. The van der Waals surface area contributed by atoms with Gasteiger partial charge in [0.2, 0.25) is 19.1 Å². The Morgan fingerprint density at radius 1 is 1.27 bits per heavy atom. The summed E-state index contributed by atoms with van der Waals surface area (Å²) in [5, 5.41) is 12.6. The second kappa shape index (κ2) is 5.32. The number of aromatic nitrogens is 3. The molecule has 0 bridgehead atoms. The summed E-state index contributed by atoms with van der Waals surface area (Å²) in [5.74, 6) is -0.215. The first-order chi connectivity index (χ1) is 10.5. The minimum absolute atomic E-state index is 0.0688. The third-order valence-electron chi connectivity index (χ3n) is 2.81. The summed E-state index contributed by atoms with van der Waals surface area (Å²) >= 11 is 0.769. The third-order valence-corrected chi connectivity index (χ3v) is 5.85. The molecule has 22 heavy (non-hydrogen) atoms. The van der Waals surface area contributed by atoms with Crippen molar-refractivity contribution in [2.45, 2.75) is 10.1 Å². The molecule has 0 atom stereocenters. The molecule has 0 aliphatic heterocycles. The van der Waals surface area contributed by atoms with E-state index in [1.807, 2.05) is 0 Å². The minimum atomic E-state index is -3.69. The molecule has 2 heterocycles. The van der Waals surface area contributed by atoms with E-state index in [1.54, 1.807) is 36.4 Å². The fourth-order valence-corrected chi connectivity index (χ4v) is 4.34. The molecule has 1 aromatic carbocycles. The molecule has 0 radical (unpaired) electrons. The van der Waals surface area contributed by atoms with Crippen LogP contribution in [0.15, 0.2) is 45.5 Å². The molecule has 0 aliphatic carbocycles. The predicted octanol–water partition coefficient (Wildman–Crippen LogP) is 0.997. The van der Waals surface area contributed by atoms with Crippen molar-refractivity contribution < 1.29 is 8.42 Å². The molecule has 7 nitrogen and oxygen atoms in total. The first-order valence-corrected chi connectivity index (χ1v) is 8.54. The van der Waals surface area contributed by atoms with E-state index in [9.17, 15) is 13.2 Å². The van der Waals surface area contributed by atoms with Gasteiger partial charge in [-0.3, -0.25) is 4.79 Å². The average Bonchev–Trinajstić information content (AvgIpc) is 2.93. The van der Waals surface area contributed by atoms with Crippen LogP contribution in [0.1, 0.15) is 11.3 Å². The van der Waals surface area contributed by atoms with Crippen LogP contribution in [0.25, 0.3) is 4.96 Å². The molecule has 3 rings (SSSR count). The lowest BCUT2D eigenvalue weighted by Gasteiger charge is -1.99. The van der Waals surface area contributed by atoms with Gasteiger partial charge >= 0.3 is 0 Å². The van der Waals surface area contributed by atoms with Crippen LogP contribution in [0.5, 0.6) is 0 Å². The van der Waals surface area contributed by atoms with Crippen LogP contribution in [0.2, 0.25) is 0 Å². The topological polar surface area (TPSA) is 105 Å². The number of rotatable bonds is 3. The van der Waals surface area contributed by atoms with Gasteiger partial charge in [-0.1, -0.05) is 41.7 Å². The summed E-state index contributed by atoms with van der Waals surface area (Å²) in [7, 11) is -3.69. The number of benzene rings is 1. The zero-order valence-electron chi connectivity index (χ0n) is 11.0. The zero-order valence-corrected chi connectivity index (χ0v) is 12.6. The molecule has 0 amide bonds. The van der Waals surface area contributed by atoms with Crippen LogP contribution in [0.4, 0.5) is 0 Å². The number of nitrogens with zero attached hydrogens (tertiary/aromatic N) is 4. The SMILES string of the molecule is N#Cc1cc(=O)n2nc(S(=O)(=O)Cc3ccccc3)sc2n1. The second-order valence-corrected chi connectivity index (χ2v) is 7.52. The van der Waals surface area contributed by atoms with Crippen molar-refractivity contribution >= 4 is 26.1 Å². The van der Waals surface area contributed by atoms with Crippen molar-refractivity contribution in [2.75, 3.05) is 0 Å². The van der Waals surface area contributed by atoms with Gasteiger partial charge in [-0.05, 0) is 5.56 Å². The molecular weight excluding hydrogens is 324 g/mol. The van der Waals surface area contributed by atoms with Crippen LogP contribution < -0.4 is 5.56 Å². The highest BCUT2D eigenvalue weighted by Gasteiger charge is 2.22. The van der Waals surface area contributed by atoms with Crippen LogP contribution >= 0.6 is 11.3 Å². The first kappa shape index (κ1) is 14.4. The standard InChI is InChI=1S/C13H8N4O3S2/c14-7-10-6-11(18)17-12(15-10)21-13(16-17)22(19,20)8-9-4-2-1-3-5-9/h1-6H,8H2. The lowest BCUT2D eigenvalue weighted by molar-refractivity contribution is 0.592. The Hall–Kier alpha value is -2.57.